The van der Waals surface area contributed by atoms with Crippen molar-refractivity contribution in [3.05, 3.63) is 22.7 Å². The summed E-state index contributed by atoms with van der Waals surface area (Å²) in [6, 6.07) is 0. The molecular weight excluding hydrogens is 202 g/mol. The Morgan fingerprint density at radius 2 is 2.38 bits per heavy atom. The first-order valence-electron chi connectivity index (χ1n) is 5.94. The lowest BCUT2D eigenvalue weighted by atomic mass is 9.98. The summed E-state index contributed by atoms with van der Waals surface area (Å²) < 4.78 is 1.55. The molecule has 1 heterocycles. The van der Waals surface area contributed by atoms with Gasteiger partial charge in [-0.05, 0) is 18.3 Å². The van der Waals surface area contributed by atoms with E-state index < -0.39 is 0 Å². The average Bonchev–Trinajstić information content (AvgIpc) is 2.67. The van der Waals surface area contributed by atoms with E-state index in [2.05, 4.69) is 17.2 Å². The summed E-state index contributed by atoms with van der Waals surface area (Å²) >= 11 is 0. The Morgan fingerprint density at radius 3 is 3.06 bits per heavy atom. The van der Waals surface area contributed by atoms with Crippen LogP contribution in [0.3, 0.4) is 0 Å². The monoisotopic (exact) mass is 221 g/mol. The van der Waals surface area contributed by atoms with Crippen molar-refractivity contribution in [2.75, 3.05) is 11.9 Å². The molecule has 0 radical (unpaired) electrons. The summed E-state index contributed by atoms with van der Waals surface area (Å²) in [5.41, 5.74) is -0.0480. The lowest BCUT2D eigenvalue weighted by Crippen LogP contribution is -2.25. The van der Waals surface area contributed by atoms with E-state index in [0.29, 0.717) is 11.7 Å². The maximum Gasteiger partial charge on any atom is 0.293 e. The molecular formula is C12H19N3O. The number of hydrogen-bond acceptors (Lipinski definition) is 3. The smallest absolute Gasteiger partial charge is 0.293 e. The summed E-state index contributed by atoms with van der Waals surface area (Å²) in [7, 11) is 1.74. The standard InChI is InChI=1S/C12H19N3O/c1-9-4-3-5-10(9)8-14-11-12(16)15(2)7-6-13-11/h6-7,9-10H,3-5,8H2,1-2H3,(H,13,14). The van der Waals surface area contributed by atoms with Gasteiger partial charge in [0.05, 0.1) is 0 Å². The van der Waals surface area contributed by atoms with Crippen LogP contribution < -0.4 is 10.9 Å². The largest absolute Gasteiger partial charge is 0.365 e. The molecule has 4 nitrogen and oxygen atoms in total. The zero-order chi connectivity index (χ0) is 11.5. The molecule has 2 rings (SSSR count). The van der Waals surface area contributed by atoms with Crippen LogP contribution in [0.15, 0.2) is 17.2 Å². The number of rotatable bonds is 3. The van der Waals surface area contributed by atoms with Crippen molar-refractivity contribution in [3.8, 4) is 0 Å². The van der Waals surface area contributed by atoms with Crippen LogP contribution in [-0.2, 0) is 7.05 Å². The van der Waals surface area contributed by atoms with Crippen molar-refractivity contribution in [2.24, 2.45) is 18.9 Å². The molecule has 2 atom stereocenters. The van der Waals surface area contributed by atoms with Gasteiger partial charge in [0.15, 0.2) is 5.82 Å². The summed E-state index contributed by atoms with van der Waals surface area (Å²) in [5, 5.41) is 3.18. The number of nitrogens with one attached hydrogen (secondary N) is 1. The van der Waals surface area contributed by atoms with E-state index in [1.807, 2.05) is 0 Å². The van der Waals surface area contributed by atoms with E-state index in [1.165, 1.54) is 19.3 Å². The zero-order valence-electron chi connectivity index (χ0n) is 9.94. The Balaban J connectivity index is 1.99. The number of nitrogens with zero attached hydrogens (tertiary/aromatic N) is 2. The number of anilines is 1. The molecule has 1 aliphatic carbocycles. The van der Waals surface area contributed by atoms with E-state index in [1.54, 1.807) is 24.0 Å². The van der Waals surface area contributed by atoms with Gasteiger partial charge in [-0.25, -0.2) is 4.98 Å². The van der Waals surface area contributed by atoms with E-state index in [0.717, 1.165) is 12.5 Å². The predicted octanol–water partition coefficient (Wildman–Crippen LogP) is 1.63. The van der Waals surface area contributed by atoms with Crippen molar-refractivity contribution in [1.29, 1.82) is 0 Å². The van der Waals surface area contributed by atoms with Crippen LogP contribution >= 0.6 is 0 Å². The molecule has 1 N–H and O–H groups in total. The quantitative estimate of drug-likeness (QED) is 0.843. The summed E-state index contributed by atoms with van der Waals surface area (Å²) in [6.45, 7) is 3.16. The third kappa shape index (κ3) is 2.26. The van der Waals surface area contributed by atoms with E-state index in [9.17, 15) is 4.79 Å². The predicted molar refractivity (Wildman–Crippen MR) is 64.5 cm³/mol. The second kappa shape index (κ2) is 4.68. The van der Waals surface area contributed by atoms with Gasteiger partial charge in [0.1, 0.15) is 0 Å². The molecule has 0 bridgehead atoms. The van der Waals surface area contributed by atoms with Crippen LogP contribution in [0, 0.1) is 11.8 Å². The van der Waals surface area contributed by atoms with Gasteiger partial charge in [-0.15, -0.1) is 0 Å². The van der Waals surface area contributed by atoms with Crippen molar-refractivity contribution >= 4 is 5.82 Å². The van der Waals surface area contributed by atoms with Gasteiger partial charge in [0, 0.05) is 26.0 Å². The fourth-order valence-corrected chi connectivity index (χ4v) is 2.37. The van der Waals surface area contributed by atoms with Gasteiger partial charge in [-0.2, -0.15) is 0 Å². The lowest BCUT2D eigenvalue weighted by Gasteiger charge is -2.15. The fourth-order valence-electron chi connectivity index (χ4n) is 2.37. The highest BCUT2D eigenvalue weighted by atomic mass is 16.1. The van der Waals surface area contributed by atoms with Crippen LogP contribution in [0.2, 0.25) is 0 Å². The Labute approximate surface area is 95.7 Å². The molecule has 2 unspecified atom stereocenters. The minimum Gasteiger partial charge on any atom is -0.365 e. The van der Waals surface area contributed by atoms with Crippen molar-refractivity contribution in [2.45, 2.75) is 26.2 Å². The van der Waals surface area contributed by atoms with Gasteiger partial charge in [0.2, 0.25) is 0 Å². The summed E-state index contributed by atoms with van der Waals surface area (Å²) in [6.07, 6.45) is 7.22. The van der Waals surface area contributed by atoms with Crippen LogP contribution in [0.1, 0.15) is 26.2 Å². The van der Waals surface area contributed by atoms with Gasteiger partial charge >= 0.3 is 0 Å². The van der Waals surface area contributed by atoms with E-state index >= 15 is 0 Å². The molecule has 0 aliphatic heterocycles. The Morgan fingerprint density at radius 1 is 1.56 bits per heavy atom. The van der Waals surface area contributed by atoms with Crippen LogP contribution in [-0.4, -0.2) is 16.1 Å². The normalized spacial score (nSPS) is 24.6. The topological polar surface area (TPSA) is 46.9 Å². The first-order chi connectivity index (χ1) is 7.68. The molecule has 0 amide bonds. The maximum atomic E-state index is 11.7. The van der Waals surface area contributed by atoms with Gasteiger partial charge in [-0.3, -0.25) is 4.79 Å². The van der Waals surface area contributed by atoms with Crippen molar-refractivity contribution < 1.29 is 0 Å². The molecule has 88 valence electrons. The van der Waals surface area contributed by atoms with Gasteiger partial charge in [-0.1, -0.05) is 19.8 Å². The highest BCUT2D eigenvalue weighted by Gasteiger charge is 2.23. The highest BCUT2D eigenvalue weighted by molar-refractivity contribution is 5.30. The first-order valence-corrected chi connectivity index (χ1v) is 5.94. The van der Waals surface area contributed by atoms with E-state index in [4.69, 9.17) is 0 Å². The Bertz CT molecular complexity index is 413. The molecule has 1 aromatic rings. The Kier molecular flexibility index (Phi) is 3.27. The first kappa shape index (κ1) is 11.2. The fraction of sp³-hybridized carbons (Fsp3) is 0.667. The summed E-state index contributed by atoms with van der Waals surface area (Å²) in [5.74, 6) is 1.93. The molecule has 0 aromatic carbocycles. The number of aromatic nitrogens is 2. The molecule has 16 heavy (non-hydrogen) atoms. The molecule has 1 aromatic heterocycles. The third-order valence-electron chi connectivity index (χ3n) is 3.59. The Hall–Kier alpha value is -1.32. The molecule has 0 spiro atoms. The van der Waals surface area contributed by atoms with Crippen LogP contribution in [0.4, 0.5) is 5.82 Å². The molecule has 4 heteroatoms. The molecule has 0 saturated heterocycles. The second-order valence-corrected chi connectivity index (χ2v) is 4.74. The molecule has 1 saturated carbocycles. The highest BCUT2D eigenvalue weighted by Crippen LogP contribution is 2.30. The average molecular weight is 221 g/mol. The van der Waals surface area contributed by atoms with Crippen LogP contribution in [0.5, 0.6) is 0 Å². The summed E-state index contributed by atoms with van der Waals surface area (Å²) in [4.78, 5) is 15.8. The minimum absolute atomic E-state index is 0.0480. The van der Waals surface area contributed by atoms with Crippen LogP contribution in [0.25, 0.3) is 0 Å². The van der Waals surface area contributed by atoms with E-state index in [-0.39, 0.29) is 5.56 Å². The second-order valence-electron chi connectivity index (χ2n) is 4.74. The maximum absolute atomic E-state index is 11.7. The van der Waals surface area contributed by atoms with Gasteiger partial charge in [0.25, 0.3) is 5.56 Å². The van der Waals surface area contributed by atoms with Crippen molar-refractivity contribution in [1.82, 2.24) is 9.55 Å². The molecule has 1 fully saturated rings. The zero-order valence-corrected chi connectivity index (χ0v) is 9.94. The SMILES string of the molecule is CC1CCCC1CNc1nccn(C)c1=O. The number of aryl methyl sites for hydroxylation is 1. The third-order valence-corrected chi connectivity index (χ3v) is 3.59. The van der Waals surface area contributed by atoms with Crippen molar-refractivity contribution in [3.63, 3.8) is 0 Å². The lowest BCUT2D eigenvalue weighted by molar-refractivity contribution is 0.439. The number of hydrogen-bond donors (Lipinski definition) is 1. The van der Waals surface area contributed by atoms with Gasteiger partial charge < -0.3 is 9.88 Å². The minimum atomic E-state index is -0.0480. The molecule has 1 aliphatic rings.